The van der Waals surface area contributed by atoms with E-state index in [4.69, 9.17) is 4.74 Å². The first kappa shape index (κ1) is 25.0. The molecule has 1 heterocycles. The average molecular weight is 424 g/mol. The van der Waals surface area contributed by atoms with Crippen molar-refractivity contribution in [2.75, 3.05) is 5.32 Å². The van der Waals surface area contributed by atoms with E-state index in [-0.39, 0.29) is 5.54 Å². The summed E-state index contributed by atoms with van der Waals surface area (Å²) in [6.07, 6.45) is 16.1. The van der Waals surface area contributed by atoms with Crippen molar-refractivity contribution in [3.63, 3.8) is 0 Å². The van der Waals surface area contributed by atoms with Gasteiger partial charge in [-0.1, -0.05) is 34.9 Å². The van der Waals surface area contributed by atoms with Crippen molar-refractivity contribution >= 4 is 12.2 Å². The molecule has 0 radical (unpaired) electrons. The molecule has 2 rings (SSSR count). The Morgan fingerprint density at radius 1 is 1.03 bits per heavy atom. The van der Waals surface area contributed by atoms with Crippen LogP contribution in [0.25, 0.3) is 0 Å². The molecule has 0 amide bonds. The zero-order valence-corrected chi connectivity index (χ0v) is 20.4. The van der Waals surface area contributed by atoms with E-state index in [9.17, 15) is 4.79 Å². The zero-order chi connectivity index (χ0) is 22.9. The second-order valence-corrected chi connectivity index (χ2v) is 9.67. The maximum absolute atomic E-state index is 10.6. The third-order valence-corrected chi connectivity index (χ3v) is 6.26. The molecule has 0 saturated heterocycles. The van der Waals surface area contributed by atoms with Crippen LogP contribution in [0.5, 0.6) is 5.75 Å². The van der Waals surface area contributed by atoms with Crippen LogP contribution in [0.3, 0.4) is 0 Å². The molecule has 0 aromatic heterocycles. The molecule has 31 heavy (non-hydrogen) atoms. The smallest absolute Gasteiger partial charge is 0.298 e. The number of rotatable bonds is 11. The average Bonchev–Trinajstić information content (AvgIpc) is 2.69. The Bertz CT molecular complexity index is 843. The number of allylic oxidation sites excluding steroid dienone is 6. The summed E-state index contributed by atoms with van der Waals surface area (Å²) in [4.78, 5) is 10.6. The summed E-state index contributed by atoms with van der Waals surface area (Å²) in [7, 11) is 0. The Morgan fingerprint density at radius 2 is 1.68 bits per heavy atom. The van der Waals surface area contributed by atoms with Crippen LogP contribution in [0.15, 0.2) is 47.1 Å². The van der Waals surface area contributed by atoms with E-state index < -0.39 is 0 Å². The minimum atomic E-state index is 0.100. The fraction of sp³-hybridized carbons (Fsp3) is 0.536. The SMILES string of the molecule is CC(C)=CCC/C(C)=C/CC/C(C)=C/CC[C@]1(C)CCc2cc(OC=O)cc(C)c2N1. The van der Waals surface area contributed by atoms with Gasteiger partial charge in [-0.2, -0.15) is 0 Å². The number of hydrogen-bond acceptors (Lipinski definition) is 3. The molecular formula is C28H41NO2. The number of aryl methyl sites for hydroxylation is 2. The third kappa shape index (κ3) is 8.40. The van der Waals surface area contributed by atoms with Gasteiger partial charge in [0.15, 0.2) is 0 Å². The molecule has 0 aliphatic carbocycles. The van der Waals surface area contributed by atoms with Gasteiger partial charge in [-0.05, 0) is 116 Å². The second kappa shape index (κ2) is 11.9. The molecule has 0 unspecified atom stereocenters. The number of carbonyl (C=O) groups excluding carboxylic acids is 1. The van der Waals surface area contributed by atoms with Crippen molar-refractivity contribution in [3.05, 3.63) is 58.2 Å². The number of hydrogen-bond donors (Lipinski definition) is 1. The fourth-order valence-corrected chi connectivity index (χ4v) is 4.26. The molecule has 0 spiro atoms. The number of anilines is 1. The number of ether oxygens (including phenoxy) is 1. The van der Waals surface area contributed by atoms with Crippen LogP contribution in [0, 0.1) is 6.92 Å². The molecule has 3 nitrogen and oxygen atoms in total. The highest BCUT2D eigenvalue weighted by molar-refractivity contribution is 5.64. The van der Waals surface area contributed by atoms with Gasteiger partial charge in [0.25, 0.3) is 6.47 Å². The third-order valence-electron chi connectivity index (χ3n) is 6.26. The van der Waals surface area contributed by atoms with Crippen molar-refractivity contribution < 1.29 is 9.53 Å². The summed E-state index contributed by atoms with van der Waals surface area (Å²) < 4.78 is 5.05. The Labute approximate surface area is 189 Å². The van der Waals surface area contributed by atoms with E-state index in [1.54, 1.807) is 0 Å². The summed E-state index contributed by atoms with van der Waals surface area (Å²) in [5.74, 6) is 0.636. The lowest BCUT2D eigenvalue weighted by Crippen LogP contribution is -2.38. The molecular weight excluding hydrogens is 382 g/mol. The van der Waals surface area contributed by atoms with Crippen LogP contribution in [-0.2, 0) is 11.2 Å². The molecule has 1 aromatic carbocycles. The Kier molecular flexibility index (Phi) is 9.61. The summed E-state index contributed by atoms with van der Waals surface area (Å²) >= 11 is 0. The lowest BCUT2D eigenvalue weighted by atomic mass is 9.83. The topological polar surface area (TPSA) is 38.3 Å². The van der Waals surface area contributed by atoms with Crippen LogP contribution in [-0.4, -0.2) is 12.0 Å². The van der Waals surface area contributed by atoms with Gasteiger partial charge in [0.2, 0.25) is 0 Å². The minimum Gasteiger partial charge on any atom is -0.429 e. The van der Waals surface area contributed by atoms with Crippen molar-refractivity contribution in [2.45, 2.75) is 98.4 Å². The lowest BCUT2D eigenvalue weighted by Gasteiger charge is -2.38. The van der Waals surface area contributed by atoms with Crippen LogP contribution in [0.4, 0.5) is 5.69 Å². The van der Waals surface area contributed by atoms with Gasteiger partial charge in [0.1, 0.15) is 5.75 Å². The van der Waals surface area contributed by atoms with E-state index in [2.05, 4.69) is 65.1 Å². The van der Waals surface area contributed by atoms with Crippen LogP contribution < -0.4 is 10.1 Å². The Morgan fingerprint density at radius 3 is 2.32 bits per heavy atom. The van der Waals surface area contributed by atoms with Gasteiger partial charge in [0.05, 0.1) is 0 Å². The van der Waals surface area contributed by atoms with Crippen LogP contribution in [0.1, 0.15) is 90.7 Å². The van der Waals surface area contributed by atoms with Gasteiger partial charge in [-0.15, -0.1) is 0 Å². The molecule has 3 heteroatoms. The molecule has 0 fully saturated rings. The molecule has 1 aliphatic heterocycles. The predicted molar refractivity (Wildman–Crippen MR) is 133 cm³/mol. The van der Waals surface area contributed by atoms with Crippen molar-refractivity contribution in [3.8, 4) is 5.75 Å². The molecule has 1 N–H and O–H groups in total. The molecule has 0 saturated carbocycles. The summed E-state index contributed by atoms with van der Waals surface area (Å²) in [6.45, 7) is 13.7. The summed E-state index contributed by atoms with van der Waals surface area (Å²) in [5.41, 5.74) is 8.08. The maximum Gasteiger partial charge on any atom is 0.298 e. The molecule has 1 aliphatic rings. The van der Waals surface area contributed by atoms with Crippen LogP contribution in [0.2, 0.25) is 0 Å². The number of nitrogens with one attached hydrogen (secondary N) is 1. The van der Waals surface area contributed by atoms with Crippen molar-refractivity contribution in [1.29, 1.82) is 0 Å². The fourth-order valence-electron chi connectivity index (χ4n) is 4.26. The molecule has 1 aromatic rings. The Hall–Kier alpha value is -2.29. The highest BCUT2D eigenvalue weighted by Crippen LogP contribution is 2.37. The van der Waals surface area contributed by atoms with E-state index in [0.717, 1.165) is 50.5 Å². The van der Waals surface area contributed by atoms with Gasteiger partial charge in [0, 0.05) is 11.2 Å². The lowest BCUT2D eigenvalue weighted by molar-refractivity contribution is -0.120. The summed E-state index contributed by atoms with van der Waals surface area (Å²) in [5, 5.41) is 3.78. The van der Waals surface area contributed by atoms with Crippen molar-refractivity contribution in [1.82, 2.24) is 0 Å². The van der Waals surface area contributed by atoms with Crippen molar-refractivity contribution in [2.24, 2.45) is 0 Å². The van der Waals surface area contributed by atoms with Gasteiger partial charge < -0.3 is 10.1 Å². The van der Waals surface area contributed by atoms with Gasteiger partial charge in [-0.3, -0.25) is 4.79 Å². The first-order chi connectivity index (χ1) is 14.7. The van der Waals surface area contributed by atoms with Gasteiger partial charge >= 0.3 is 0 Å². The Balaban J connectivity index is 1.83. The van der Waals surface area contributed by atoms with Gasteiger partial charge in [-0.25, -0.2) is 0 Å². The second-order valence-electron chi connectivity index (χ2n) is 9.67. The normalized spacial score (nSPS) is 18.8. The quantitative estimate of drug-likeness (QED) is 0.291. The standard InChI is InChI=1S/C28H41NO2/c1-21(2)10-7-11-22(3)12-8-13-23(4)14-9-16-28(6)17-15-25-19-26(31-20-30)18-24(5)27(25)29-28/h10,12,14,18-20,29H,7-9,11,13,15-17H2,1-6H3/b22-12+,23-14+/t28-/m1/s1. The predicted octanol–water partition coefficient (Wildman–Crippen LogP) is 7.85. The molecule has 170 valence electrons. The monoisotopic (exact) mass is 423 g/mol. The van der Waals surface area contributed by atoms with E-state index in [0.29, 0.717) is 12.2 Å². The molecule has 0 bridgehead atoms. The van der Waals surface area contributed by atoms with E-state index >= 15 is 0 Å². The van der Waals surface area contributed by atoms with E-state index in [1.807, 2.05) is 12.1 Å². The minimum absolute atomic E-state index is 0.100. The van der Waals surface area contributed by atoms with Crippen LogP contribution >= 0.6 is 0 Å². The number of fused-ring (bicyclic) bond motifs is 1. The van der Waals surface area contributed by atoms with E-state index in [1.165, 1.54) is 34.4 Å². The maximum atomic E-state index is 10.6. The molecule has 1 atom stereocenters. The number of carbonyl (C=O) groups is 1. The first-order valence-corrected chi connectivity index (χ1v) is 11.7. The summed E-state index contributed by atoms with van der Waals surface area (Å²) in [6, 6.07) is 3.92. The highest BCUT2D eigenvalue weighted by atomic mass is 16.5. The first-order valence-electron chi connectivity index (χ1n) is 11.7. The highest BCUT2D eigenvalue weighted by Gasteiger charge is 2.29. The zero-order valence-electron chi connectivity index (χ0n) is 20.4. The largest absolute Gasteiger partial charge is 0.429 e. The number of benzene rings is 1.